The summed E-state index contributed by atoms with van der Waals surface area (Å²) in [6.07, 6.45) is 1.68. The summed E-state index contributed by atoms with van der Waals surface area (Å²) in [6.45, 7) is 6.71. The Morgan fingerprint density at radius 3 is 2.81 bits per heavy atom. The second-order valence-electron chi connectivity index (χ2n) is 5.24. The van der Waals surface area contributed by atoms with E-state index < -0.39 is 6.10 Å². The first-order valence-electron chi connectivity index (χ1n) is 7.18. The fourth-order valence-corrected chi connectivity index (χ4v) is 2.40. The SMILES string of the molecule is CCCOc1cccc(C(O)c2c(Cl)cnn2C(C)C)c1. The summed E-state index contributed by atoms with van der Waals surface area (Å²) in [5, 5.41) is 15.3. The standard InChI is InChI=1S/C16H21ClN2O2/c1-4-8-21-13-7-5-6-12(9-13)16(20)15-14(17)10-18-19(15)11(2)3/h5-7,9-11,16,20H,4,8H2,1-3H3. The van der Waals surface area contributed by atoms with Gasteiger partial charge >= 0.3 is 0 Å². The van der Waals surface area contributed by atoms with Gasteiger partial charge in [0.15, 0.2) is 0 Å². The van der Waals surface area contributed by atoms with Gasteiger partial charge in [0, 0.05) is 6.04 Å². The molecule has 0 fully saturated rings. The number of aromatic nitrogens is 2. The summed E-state index contributed by atoms with van der Waals surface area (Å²) in [5.41, 5.74) is 1.35. The lowest BCUT2D eigenvalue weighted by Crippen LogP contribution is -2.12. The van der Waals surface area contributed by atoms with Crippen molar-refractivity contribution in [1.82, 2.24) is 9.78 Å². The Labute approximate surface area is 130 Å². The fraction of sp³-hybridized carbons (Fsp3) is 0.438. The zero-order valence-corrected chi connectivity index (χ0v) is 13.3. The molecule has 2 rings (SSSR count). The van der Waals surface area contributed by atoms with Gasteiger partial charge in [0.25, 0.3) is 0 Å². The van der Waals surface area contributed by atoms with Crippen LogP contribution >= 0.6 is 11.6 Å². The van der Waals surface area contributed by atoms with Gasteiger partial charge in [-0.25, -0.2) is 0 Å². The maximum absolute atomic E-state index is 10.6. The fourth-order valence-electron chi connectivity index (χ4n) is 2.17. The molecule has 1 N–H and O–H groups in total. The van der Waals surface area contributed by atoms with Crippen molar-refractivity contribution in [3.63, 3.8) is 0 Å². The molecule has 0 aliphatic rings. The van der Waals surface area contributed by atoms with Crippen molar-refractivity contribution in [1.29, 1.82) is 0 Å². The lowest BCUT2D eigenvalue weighted by atomic mass is 10.1. The molecule has 1 unspecified atom stereocenters. The van der Waals surface area contributed by atoms with Crippen LogP contribution in [-0.4, -0.2) is 21.5 Å². The van der Waals surface area contributed by atoms with Crippen LogP contribution in [0.3, 0.4) is 0 Å². The summed E-state index contributed by atoms with van der Waals surface area (Å²) in [7, 11) is 0. The normalized spacial score (nSPS) is 12.7. The van der Waals surface area contributed by atoms with E-state index >= 15 is 0 Å². The quantitative estimate of drug-likeness (QED) is 0.877. The molecule has 0 radical (unpaired) electrons. The first-order chi connectivity index (χ1) is 10.0. The highest BCUT2D eigenvalue weighted by Crippen LogP contribution is 2.31. The summed E-state index contributed by atoms with van der Waals surface area (Å²) >= 11 is 6.18. The average molecular weight is 309 g/mol. The van der Waals surface area contributed by atoms with E-state index in [2.05, 4.69) is 12.0 Å². The lowest BCUT2D eigenvalue weighted by Gasteiger charge is -2.17. The number of aliphatic hydroxyl groups excluding tert-OH is 1. The highest BCUT2D eigenvalue weighted by molar-refractivity contribution is 6.31. The van der Waals surface area contributed by atoms with Crippen molar-refractivity contribution in [3.8, 4) is 5.75 Å². The molecule has 2 aromatic rings. The second kappa shape index (κ2) is 6.96. The molecule has 1 atom stereocenters. The summed E-state index contributed by atoms with van der Waals surface area (Å²) < 4.78 is 7.35. The Balaban J connectivity index is 2.31. The third kappa shape index (κ3) is 3.57. The molecule has 1 heterocycles. The minimum Gasteiger partial charge on any atom is -0.494 e. The Bertz CT molecular complexity index is 596. The lowest BCUT2D eigenvalue weighted by molar-refractivity contribution is 0.204. The van der Waals surface area contributed by atoms with E-state index in [-0.39, 0.29) is 6.04 Å². The van der Waals surface area contributed by atoms with E-state index in [9.17, 15) is 5.11 Å². The molecule has 0 aliphatic heterocycles. The number of ether oxygens (including phenoxy) is 1. The van der Waals surface area contributed by atoms with Crippen molar-refractivity contribution in [2.45, 2.75) is 39.3 Å². The van der Waals surface area contributed by atoms with Gasteiger partial charge in [-0.2, -0.15) is 5.10 Å². The minimum atomic E-state index is -0.826. The monoisotopic (exact) mass is 308 g/mol. The van der Waals surface area contributed by atoms with Gasteiger partial charge in [0.2, 0.25) is 0 Å². The minimum absolute atomic E-state index is 0.127. The van der Waals surface area contributed by atoms with Crippen molar-refractivity contribution in [2.24, 2.45) is 0 Å². The average Bonchev–Trinajstić information content (AvgIpc) is 2.86. The van der Waals surface area contributed by atoms with E-state index in [1.165, 1.54) is 0 Å². The van der Waals surface area contributed by atoms with Gasteiger partial charge in [-0.1, -0.05) is 30.7 Å². The molecule has 5 heteroatoms. The van der Waals surface area contributed by atoms with Crippen LogP contribution in [0.2, 0.25) is 5.02 Å². The Hall–Kier alpha value is -1.52. The molecule has 0 amide bonds. The maximum Gasteiger partial charge on any atom is 0.122 e. The first kappa shape index (κ1) is 15.9. The largest absolute Gasteiger partial charge is 0.494 e. The molecule has 0 saturated carbocycles. The number of benzene rings is 1. The van der Waals surface area contributed by atoms with Crippen molar-refractivity contribution in [2.75, 3.05) is 6.61 Å². The van der Waals surface area contributed by atoms with Crippen molar-refractivity contribution >= 4 is 11.6 Å². The molecular weight excluding hydrogens is 288 g/mol. The van der Waals surface area contributed by atoms with Gasteiger partial charge in [0.1, 0.15) is 11.9 Å². The third-order valence-corrected chi connectivity index (χ3v) is 3.47. The van der Waals surface area contributed by atoms with Crippen molar-refractivity contribution in [3.05, 3.63) is 46.7 Å². The van der Waals surface area contributed by atoms with Crippen LogP contribution in [0.4, 0.5) is 0 Å². The van der Waals surface area contributed by atoms with E-state index in [4.69, 9.17) is 16.3 Å². The second-order valence-corrected chi connectivity index (χ2v) is 5.65. The van der Waals surface area contributed by atoms with Gasteiger partial charge in [-0.3, -0.25) is 4.68 Å². The Morgan fingerprint density at radius 1 is 1.38 bits per heavy atom. The Morgan fingerprint density at radius 2 is 2.14 bits per heavy atom. The molecule has 0 spiro atoms. The zero-order chi connectivity index (χ0) is 15.4. The van der Waals surface area contributed by atoms with Crippen molar-refractivity contribution < 1.29 is 9.84 Å². The third-order valence-electron chi connectivity index (χ3n) is 3.18. The van der Waals surface area contributed by atoms with E-state index in [1.54, 1.807) is 10.9 Å². The van der Waals surface area contributed by atoms with Gasteiger partial charge < -0.3 is 9.84 Å². The topological polar surface area (TPSA) is 47.3 Å². The molecule has 0 bridgehead atoms. The van der Waals surface area contributed by atoms with Crippen LogP contribution in [0.15, 0.2) is 30.5 Å². The molecular formula is C16H21ClN2O2. The van der Waals surface area contributed by atoms with Crippen LogP contribution in [0.1, 0.15) is 50.6 Å². The summed E-state index contributed by atoms with van der Waals surface area (Å²) in [6, 6.07) is 7.58. The first-order valence-corrected chi connectivity index (χ1v) is 7.56. The molecule has 21 heavy (non-hydrogen) atoms. The summed E-state index contributed by atoms with van der Waals surface area (Å²) in [5.74, 6) is 0.750. The molecule has 4 nitrogen and oxygen atoms in total. The van der Waals surface area contributed by atoms with Crippen LogP contribution in [0, 0.1) is 0 Å². The van der Waals surface area contributed by atoms with E-state index in [0.717, 1.165) is 17.7 Å². The van der Waals surface area contributed by atoms with E-state index in [1.807, 2.05) is 38.1 Å². The number of rotatable bonds is 6. The number of hydrogen-bond acceptors (Lipinski definition) is 3. The van der Waals surface area contributed by atoms with Crippen LogP contribution in [0.25, 0.3) is 0 Å². The van der Waals surface area contributed by atoms with Gasteiger partial charge in [-0.05, 0) is 38.0 Å². The molecule has 1 aromatic carbocycles. The summed E-state index contributed by atoms with van der Waals surface area (Å²) in [4.78, 5) is 0. The van der Waals surface area contributed by atoms with Crippen LogP contribution < -0.4 is 4.74 Å². The predicted molar refractivity (Wildman–Crippen MR) is 83.9 cm³/mol. The van der Waals surface area contributed by atoms with Gasteiger partial charge in [-0.15, -0.1) is 0 Å². The smallest absolute Gasteiger partial charge is 0.122 e. The number of hydrogen-bond donors (Lipinski definition) is 1. The molecule has 0 aliphatic carbocycles. The van der Waals surface area contributed by atoms with E-state index in [0.29, 0.717) is 17.3 Å². The molecule has 0 saturated heterocycles. The number of nitrogens with zero attached hydrogens (tertiary/aromatic N) is 2. The Kier molecular flexibility index (Phi) is 5.26. The predicted octanol–water partition coefficient (Wildman–Crippen LogP) is 3.99. The molecule has 114 valence electrons. The highest BCUT2D eigenvalue weighted by atomic mass is 35.5. The number of halogens is 1. The van der Waals surface area contributed by atoms with Crippen LogP contribution in [0.5, 0.6) is 5.75 Å². The number of aliphatic hydroxyl groups is 1. The molecule has 1 aromatic heterocycles. The maximum atomic E-state index is 10.6. The van der Waals surface area contributed by atoms with Gasteiger partial charge in [0.05, 0.1) is 23.5 Å². The highest BCUT2D eigenvalue weighted by Gasteiger charge is 2.21. The van der Waals surface area contributed by atoms with Crippen LogP contribution in [-0.2, 0) is 0 Å². The zero-order valence-electron chi connectivity index (χ0n) is 12.6.